The Morgan fingerprint density at radius 3 is 2.73 bits per heavy atom. The number of halogens is 2. The molecule has 1 saturated heterocycles. The molecule has 4 heterocycles. The van der Waals surface area contributed by atoms with Crippen LogP contribution < -0.4 is 15.5 Å². The minimum Gasteiger partial charge on any atom is -0.437 e. The van der Waals surface area contributed by atoms with Crippen LogP contribution in [0, 0.1) is 0 Å². The van der Waals surface area contributed by atoms with Crippen LogP contribution in [0.1, 0.15) is 24.2 Å². The Labute approximate surface area is 177 Å². The van der Waals surface area contributed by atoms with E-state index in [-0.39, 0.29) is 17.1 Å². The van der Waals surface area contributed by atoms with Crippen LogP contribution in [-0.2, 0) is 10.1 Å². The van der Waals surface area contributed by atoms with E-state index in [0.29, 0.717) is 17.1 Å². The number of hydrogen-bond acceptors (Lipinski definition) is 7. The van der Waals surface area contributed by atoms with Crippen molar-refractivity contribution in [3.8, 4) is 11.4 Å². The number of amides is 1. The molecule has 5 unspecified atom stereocenters. The van der Waals surface area contributed by atoms with Crippen molar-refractivity contribution in [2.24, 2.45) is 0 Å². The number of aromatic nitrogens is 3. The zero-order valence-corrected chi connectivity index (χ0v) is 18.5. The van der Waals surface area contributed by atoms with Crippen molar-refractivity contribution in [1.29, 1.82) is 0 Å². The molecular weight excluding hydrogens is 432 g/mol. The SMILES string of the molecule is CC(F)(P)c1cc(-c2ncnc3c2C(C(F)P)OC(=O)N3)nc(N2CCNCC2)c1. The number of alkyl halides is 2. The number of cyclic esters (lactones) is 1. The van der Waals surface area contributed by atoms with E-state index in [4.69, 9.17) is 9.72 Å². The number of anilines is 2. The van der Waals surface area contributed by atoms with Gasteiger partial charge in [0, 0.05) is 26.2 Å². The minimum atomic E-state index is -1.71. The molecule has 0 aliphatic carbocycles. The third-order valence-corrected chi connectivity index (χ3v) is 5.65. The molecule has 2 aromatic heterocycles. The van der Waals surface area contributed by atoms with E-state index in [1.54, 1.807) is 12.1 Å². The van der Waals surface area contributed by atoms with Gasteiger partial charge in [-0.05, 0) is 24.6 Å². The van der Waals surface area contributed by atoms with Crippen molar-refractivity contribution in [1.82, 2.24) is 20.3 Å². The summed E-state index contributed by atoms with van der Waals surface area (Å²) in [6.45, 7) is 4.45. The van der Waals surface area contributed by atoms with E-state index in [1.165, 1.54) is 13.3 Å². The Morgan fingerprint density at radius 1 is 1.33 bits per heavy atom. The van der Waals surface area contributed by atoms with Gasteiger partial charge >= 0.3 is 6.09 Å². The topological polar surface area (TPSA) is 92.3 Å². The maximum atomic E-state index is 14.9. The Balaban J connectivity index is 1.88. The highest BCUT2D eigenvalue weighted by atomic mass is 31.0. The molecule has 0 radical (unpaired) electrons. The minimum absolute atomic E-state index is 0.149. The van der Waals surface area contributed by atoms with E-state index in [9.17, 15) is 13.6 Å². The Morgan fingerprint density at radius 2 is 2.07 bits per heavy atom. The second-order valence-corrected chi connectivity index (χ2v) is 9.01. The van der Waals surface area contributed by atoms with E-state index >= 15 is 0 Å². The lowest BCUT2D eigenvalue weighted by Crippen LogP contribution is -2.44. The molecule has 0 bridgehead atoms. The molecule has 0 saturated carbocycles. The predicted octanol–water partition coefficient (Wildman–Crippen LogP) is 2.74. The average molecular weight is 454 g/mol. The maximum absolute atomic E-state index is 14.9. The number of hydrogen-bond donors (Lipinski definition) is 2. The van der Waals surface area contributed by atoms with Gasteiger partial charge in [-0.3, -0.25) is 5.32 Å². The van der Waals surface area contributed by atoms with Crippen molar-refractivity contribution in [2.45, 2.75) is 24.4 Å². The van der Waals surface area contributed by atoms with E-state index in [0.717, 1.165) is 26.2 Å². The lowest BCUT2D eigenvalue weighted by atomic mass is 10.0. The first kappa shape index (κ1) is 21.2. The summed E-state index contributed by atoms with van der Waals surface area (Å²) in [5, 5.41) is 4.03. The summed E-state index contributed by atoms with van der Waals surface area (Å²) >= 11 is 0. The van der Waals surface area contributed by atoms with Crippen LogP contribution in [-0.4, -0.2) is 53.1 Å². The van der Waals surface area contributed by atoms with Gasteiger partial charge in [-0.15, -0.1) is 0 Å². The molecule has 2 aromatic rings. The van der Waals surface area contributed by atoms with Gasteiger partial charge in [0.1, 0.15) is 29.1 Å². The molecular formula is C18H22F2N6O2P2. The summed E-state index contributed by atoms with van der Waals surface area (Å²) in [6.07, 6.45) is -0.774. The molecule has 30 heavy (non-hydrogen) atoms. The van der Waals surface area contributed by atoms with Gasteiger partial charge in [-0.1, -0.05) is 18.5 Å². The third-order valence-electron chi connectivity index (χ3n) is 4.97. The van der Waals surface area contributed by atoms with Crippen molar-refractivity contribution >= 4 is 36.2 Å². The largest absolute Gasteiger partial charge is 0.437 e. The zero-order valence-electron chi connectivity index (χ0n) is 16.2. The highest BCUT2D eigenvalue weighted by molar-refractivity contribution is 7.18. The number of piperazine rings is 1. The third kappa shape index (κ3) is 4.22. The molecule has 160 valence electrons. The number of carbonyl (C=O) groups excluding carboxylic acids is 1. The smallest absolute Gasteiger partial charge is 0.413 e. The number of nitrogens with one attached hydrogen (secondary N) is 2. The van der Waals surface area contributed by atoms with Crippen molar-refractivity contribution in [3.63, 3.8) is 0 Å². The molecule has 2 aliphatic heterocycles. The molecule has 0 spiro atoms. The van der Waals surface area contributed by atoms with E-state index in [1.807, 2.05) is 9.24 Å². The highest BCUT2D eigenvalue weighted by Gasteiger charge is 2.36. The van der Waals surface area contributed by atoms with Crippen LogP contribution in [0.15, 0.2) is 18.5 Å². The molecule has 2 N–H and O–H groups in total. The molecule has 4 rings (SSSR count). The molecule has 8 nitrogen and oxygen atoms in total. The fourth-order valence-electron chi connectivity index (χ4n) is 3.47. The van der Waals surface area contributed by atoms with Gasteiger partial charge in [0.25, 0.3) is 0 Å². The lowest BCUT2D eigenvalue weighted by molar-refractivity contribution is 0.0777. The summed E-state index contributed by atoms with van der Waals surface area (Å²) in [7, 11) is 4.16. The summed E-state index contributed by atoms with van der Waals surface area (Å²) in [5.41, 5.74) is 1.28. The molecule has 0 aromatic carbocycles. The molecule has 1 amide bonds. The summed E-state index contributed by atoms with van der Waals surface area (Å²) < 4.78 is 34.3. The lowest BCUT2D eigenvalue weighted by Gasteiger charge is -2.30. The number of pyridine rings is 1. The summed E-state index contributed by atoms with van der Waals surface area (Å²) in [6, 6.07) is 3.28. The van der Waals surface area contributed by atoms with Gasteiger partial charge in [0.05, 0.1) is 11.3 Å². The quantitative estimate of drug-likeness (QED) is 0.687. The van der Waals surface area contributed by atoms with Gasteiger partial charge in [0.2, 0.25) is 0 Å². The van der Waals surface area contributed by atoms with Gasteiger partial charge in [-0.25, -0.2) is 28.5 Å². The standard InChI is InChI=1S/C18H22F2N6O2P2/c1-18(20,30)9-6-10(24-11(7-9)26-4-2-21-3-5-26)13-12-14(15(19)29)28-17(27)25-16(12)23-8-22-13/h6-8,14-15,21H,2-5,29-30H2,1H3,(H,22,23,25,27). The normalized spacial score (nSPS) is 21.8. The number of rotatable bonds is 4. The van der Waals surface area contributed by atoms with Crippen LogP contribution >= 0.6 is 18.5 Å². The zero-order chi connectivity index (χ0) is 21.5. The van der Waals surface area contributed by atoms with Gasteiger partial charge in [-0.2, -0.15) is 0 Å². The van der Waals surface area contributed by atoms with Crippen LogP contribution in [0.25, 0.3) is 11.4 Å². The first-order chi connectivity index (χ1) is 14.2. The number of carbonyl (C=O) groups is 1. The van der Waals surface area contributed by atoms with Crippen molar-refractivity contribution < 1.29 is 18.3 Å². The number of ether oxygens (including phenoxy) is 1. The fourth-order valence-corrected chi connectivity index (χ4v) is 3.91. The first-order valence-corrected chi connectivity index (χ1v) is 10.7. The molecule has 12 heteroatoms. The first-order valence-electron chi connectivity index (χ1n) is 9.42. The predicted molar refractivity (Wildman–Crippen MR) is 116 cm³/mol. The molecule has 1 fully saturated rings. The van der Waals surface area contributed by atoms with E-state index < -0.39 is 23.5 Å². The van der Waals surface area contributed by atoms with Crippen molar-refractivity contribution in [2.75, 3.05) is 36.4 Å². The Hall–Kier alpha value is -2.02. The molecule has 5 atom stereocenters. The summed E-state index contributed by atoms with van der Waals surface area (Å²) in [5.74, 6) is -0.831. The average Bonchev–Trinajstić information content (AvgIpc) is 2.72. The van der Waals surface area contributed by atoms with Crippen LogP contribution in [0.3, 0.4) is 0 Å². The number of fused-ring (bicyclic) bond motifs is 1. The monoisotopic (exact) mass is 454 g/mol. The highest BCUT2D eigenvalue weighted by Crippen LogP contribution is 2.42. The number of nitrogens with zero attached hydrogens (tertiary/aromatic N) is 4. The maximum Gasteiger partial charge on any atom is 0.413 e. The second kappa shape index (κ2) is 8.25. The van der Waals surface area contributed by atoms with Crippen LogP contribution in [0.2, 0.25) is 0 Å². The van der Waals surface area contributed by atoms with E-state index in [2.05, 4.69) is 34.7 Å². The Bertz CT molecular complexity index is 966. The van der Waals surface area contributed by atoms with Crippen LogP contribution in [0.5, 0.6) is 0 Å². The molecule has 2 aliphatic rings. The van der Waals surface area contributed by atoms with Crippen LogP contribution in [0.4, 0.5) is 25.2 Å². The second-order valence-electron chi connectivity index (χ2n) is 7.29. The fraction of sp³-hybridized carbons (Fsp3) is 0.444. The Kier molecular flexibility index (Phi) is 5.84. The van der Waals surface area contributed by atoms with Crippen molar-refractivity contribution in [3.05, 3.63) is 29.6 Å². The van der Waals surface area contributed by atoms with Gasteiger partial charge in [0.15, 0.2) is 12.0 Å². The summed E-state index contributed by atoms with van der Waals surface area (Å²) in [4.78, 5) is 26.9. The van der Waals surface area contributed by atoms with Gasteiger partial charge < -0.3 is 15.0 Å².